The number of rotatable bonds is 5. The summed E-state index contributed by atoms with van der Waals surface area (Å²) in [4.78, 5) is 2.74. The predicted octanol–water partition coefficient (Wildman–Crippen LogP) is 2.25. The first-order valence-corrected chi connectivity index (χ1v) is 6.77. The summed E-state index contributed by atoms with van der Waals surface area (Å²) in [6, 6.07) is 1.50. The summed E-state index contributed by atoms with van der Waals surface area (Å²) >= 11 is 0. The Hall–Kier alpha value is -0.0800. The van der Waals surface area contributed by atoms with Gasteiger partial charge in [0, 0.05) is 25.2 Å². The van der Waals surface area contributed by atoms with Gasteiger partial charge in [-0.05, 0) is 32.2 Å². The number of nitrogens with one attached hydrogen (secondary N) is 1. The average Bonchev–Trinajstić information content (AvgIpc) is 3.02. The lowest BCUT2D eigenvalue weighted by Crippen LogP contribution is -2.55. The number of piperazine rings is 1. The third kappa shape index (κ3) is 3.46. The average molecular weight is 210 g/mol. The quantitative estimate of drug-likeness (QED) is 0.749. The molecular formula is C13H26N2. The zero-order valence-corrected chi connectivity index (χ0v) is 10.3. The monoisotopic (exact) mass is 210 g/mol. The van der Waals surface area contributed by atoms with Gasteiger partial charge in [0.1, 0.15) is 0 Å². The van der Waals surface area contributed by atoms with Gasteiger partial charge in [0.15, 0.2) is 0 Å². The molecule has 2 atom stereocenters. The molecule has 1 saturated heterocycles. The molecule has 0 radical (unpaired) electrons. The van der Waals surface area contributed by atoms with Crippen LogP contribution in [0.5, 0.6) is 0 Å². The Morgan fingerprint density at radius 1 is 1.27 bits per heavy atom. The van der Waals surface area contributed by atoms with E-state index in [0.717, 1.165) is 12.0 Å². The molecule has 0 spiro atoms. The standard InChI is InChI=1S/C13H26N2/c1-3-4-13-9-14-11(2)10-15(13)8-7-12-5-6-12/h11-14H,3-10H2,1-2H3. The van der Waals surface area contributed by atoms with Crippen molar-refractivity contribution in [2.45, 2.75) is 58.0 Å². The van der Waals surface area contributed by atoms with E-state index in [2.05, 4.69) is 24.1 Å². The SMILES string of the molecule is CCCC1CNC(C)CN1CCC1CC1. The van der Waals surface area contributed by atoms with Crippen LogP contribution in [0, 0.1) is 5.92 Å². The molecule has 1 heterocycles. The van der Waals surface area contributed by atoms with Crippen molar-refractivity contribution in [2.75, 3.05) is 19.6 Å². The lowest BCUT2D eigenvalue weighted by atomic mass is 10.0. The molecule has 0 aromatic carbocycles. The molecule has 0 aromatic rings. The minimum Gasteiger partial charge on any atom is -0.311 e. The van der Waals surface area contributed by atoms with Gasteiger partial charge >= 0.3 is 0 Å². The molecule has 0 aromatic heterocycles. The van der Waals surface area contributed by atoms with E-state index >= 15 is 0 Å². The molecule has 1 aliphatic carbocycles. The molecule has 15 heavy (non-hydrogen) atoms. The molecule has 2 unspecified atom stereocenters. The van der Waals surface area contributed by atoms with E-state index in [1.165, 1.54) is 51.7 Å². The highest BCUT2D eigenvalue weighted by Crippen LogP contribution is 2.32. The van der Waals surface area contributed by atoms with Crippen LogP contribution in [0.4, 0.5) is 0 Å². The van der Waals surface area contributed by atoms with E-state index in [-0.39, 0.29) is 0 Å². The van der Waals surface area contributed by atoms with Crippen molar-refractivity contribution in [1.29, 1.82) is 0 Å². The molecular weight excluding hydrogens is 184 g/mol. The second kappa shape index (κ2) is 5.31. The van der Waals surface area contributed by atoms with Gasteiger partial charge in [-0.3, -0.25) is 4.90 Å². The molecule has 2 rings (SSSR count). The van der Waals surface area contributed by atoms with E-state index in [4.69, 9.17) is 0 Å². The minimum absolute atomic E-state index is 0.692. The van der Waals surface area contributed by atoms with E-state index in [9.17, 15) is 0 Å². The third-order valence-corrected chi connectivity index (χ3v) is 3.87. The first kappa shape index (κ1) is 11.4. The van der Waals surface area contributed by atoms with Gasteiger partial charge in [-0.2, -0.15) is 0 Å². The maximum Gasteiger partial charge on any atom is 0.0221 e. The smallest absolute Gasteiger partial charge is 0.0221 e. The van der Waals surface area contributed by atoms with Crippen LogP contribution in [-0.4, -0.2) is 36.6 Å². The molecule has 1 saturated carbocycles. The summed E-state index contributed by atoms with van der Waals surface area (Å²) in [7, 11) is 0. The van der Waals surface area contributed by atoms with Crippen LogP contribution in [0.3, 0.4) is 0 Å². The summed E-state index contributed by atoms with van der Waals surface area (Å²) in [6.07, 6.45) is 7.14. The highest BCUT2D eigenvalue weighted by atomic mass is 15.2. The van der Waals surface area contributed by atoms with Crippen molar-refractivity contribution < 1.29 is 0 Å². The first-order chi connectivity index (χ1) is 7.29. The highest BCUT2D eigenvalue weighted by molar-refractivity contribution is 4.85. The Balaban J connectivity index is 1.78. The first-order valence-electron chi connectivity index (χ1n) is 6.77. The van der Waals surface area contributed by atoms with Gasteiger partial charge in [-0.1, -0.05) is 26.2 Å². The van der Waals surface area contributed by atoms with Gasteiger partial charge in [0.25, 0.3) is 0 Å². The van der Waals surface area contributed by atoms with Gasteiger partial charge in [-0.25, -0.2) is 0 Å². The van der Waals surface area contributed by atoms with E-state index < -0.39 is 0 Å². The predicted molar refractivity (Wildman–Crippen MR) is 65.1 cm³/mol. The summed E-state index contributed by atoms with van der Waals surface area (Å²) in [5, 5.41) is 3.61. The Morgan fingerprint density at radius 2 is 2.07 bits per heavy atom. The van der Waals surface area contributed by atoms with Crippen molar-refractivity contribution in [3.63, 3.8) is 0 Å². The fourth-order valence-corrected chi connectivity index (χ4v) is 2.68. The highest BCUT2D eigenvalue weighted by Gasteiger charge is 2.27. The van der Waals surface area contributed by atoms with Crippen molar-refractivity contribution in [3.05, 3.63) is 0 Å². The van der Waals surface area contributed by atoms with Crippen LogP contribution in [-0.2, 0) is 0 Å². The minimum atomic E-state index is 0.692. The zero-order chi connectivity index (χ0) is 10.7. The lowest BCUT2D eigenvalue weighted by Gasteiger charge is -2.39. The molecule has 2 fully saturated rings. The molecule has 1 N–H and O–H groups in total. The topological polar surface area (TPSA) is 15.3 Å². The van der Waals surface area contributed by atoms with Crippen LogP contribution < -0.4 is 5.32 Å². The summed E-state index contributed by atoms with van der Waals surface area (Å²) in [5.41, 5.74) is 0. The van der Waals surface area contributed by atoms with E-state index in [1.54, 1.807) is 0 Å². The number of hydrogen-bond donors (Lipinski definition) is 1. The van der Waals surface area contributed by atoms with Crippen molar-refractivity contribution in [1.82, 2.24) is 10.2 Å². The Labute approximate surface area is 94.4 Å². The van der Waals surface area contributed by atoms with Crippen LogP contribution in [0.1, 0.15) is 46.0 Å². The molecule has 0 bridgehead atoms. The number of hydrogen-bond acceptors (Lipinski definition) is 2. The van der Waals surface area contributed by atoms with Crippen LogP contribution >= 0.6 is 0 Å². The van der Waals surface area contributed by atoms with Crippen molar-refractivity contribution in [2.24, 2.45) is 5.92 Å². The third-order valence-electron chi connectivity index (χ3n) is 3.87. The molecule has 2 aliphatic rings. The Bertz CT molecular complexity index is 189. The Morgan fingerprint density at radius 3 is 2.73 bits per heavy atom. The van der Waals surface area contributed by atoms with Gasteiger partial charge in [0.05, 0.1) is 0 Å². The van der Waals surface area contributed by atoms with E-state index in [0.29, 0.717) is 6.04 Å². The second-order valence-corrected chi connectivity index (χ2v) is 5.48. The molecule has 2 heteroatoms. The largest absolute Gasteiger partial charge is 0.311 e. The summed E-state index contributed by atoms with van der Waals surface area (Å²) < 4.78 is 0. The lowest BCUT2D eigenvalue weighted by molar-refractivity contribution is 0.124. The van der Waals surface area contributed by atoms with Crippen LogP contribution in [0.2, 0.25) is 0 Å². The molecule has 0 amide bonds. The fraction of sp³-hybridized carbons (Fsp3) is 1.00. The fourth-order valence-electron chi connectivity index (χ4n) is 2.68. The normalized spacial score (nSPS) is 33.2. The van der Waals surface area contributed by atoms with E-state index in [1.807, 2.05) is 0 Å². The zero-order valence-electron chi connectivity index (χ0n) is 10.3. The van der Waals surface area contributed by atoms with Crippen molar-refractivity contribution in [3.8, 4) is 0 Å². The summed E-state index contributed by atoms with van der Waals surface area (Å²) in [6.45, 7) is 8.43. The molecule has 88 valence electrons. The maximum atomic E-state index is 3.61. The van der Waals surface area contributed by atoms with Crippen molar-refractivity contribution >= 4 is 0 Å². The maximum absolute atomic E-state index is 3.61. The van der Waals surface area contributed by atoms with Gasteiger partial charge in [0.2, 0.25) is 0 Å². The van der Waals surface area contributed by atoms with Gasteiger partial charge in [-0.15, -0.1) is 0 Å². The number of nitrogens with zero attached hydrogens (tertiary/aromatic N) is 1. The Kier molecular flexibility index (Phi) is 4.04. The van der Waals surface area contributed by atoms with Crippen LogP contribution in [0.25, 0.3) is 0 Å². The van der Waals surface area contributed by atoms with Gasteiger partial charge < -0.3 is 5.32 Å². The molecule has 2 nitrogen and oxygen atoms in total. The second-order valence-electron chi connectivity index (χ2n) is 5.48. The summed E-state index contributed by atoms with van der Waals surface area (Å²) in [5.74, 6) is 1.08. The van der Waals surface area contributed by atoms with Crippen LogP contribution in [0.15, 0.2) is 0 Å². The molecule has 1 aliphatic heterocycles.